The minimum atomic E-state index is 0.961. The van der Waals surface area contributed by atoms with E-state index in [9.17, 15) is 0 Å². The molecule has 96 valence electrons. The van der Waals surface area contributed by atoms with Gasteiger partial charge in [-0.3, -0.25) is 0 Å². The maximum Gasteiger partial charge on any atom is 0.177 e. The highest BCUT2D eigenvalue weighted by molar-refractivity contribution is 9.10. The van der Waals surface area contributed by atoms with E-state index >= 15 is 0 Å². The number of fused-ring (bicyclic) bond motifs is 2. The van der Waals surface area contributed by atoms with Gasteiger partial charge in [0.2, 0.25) is 0 Å². The fourth-order valence-corrected chi connectivity index (χ4v) is 3.55. The van der Waals surface area contributed by atoms with Gasteiger partial charge >= 0.3 is 0 Å². The number of hydrogen-bond acceptors (Lipinski definition) is 1. The summed E-state index contributed by atoms with van der Waals surface area (Å²) >= 11 is 3.59. The molecule has 2 aromatic heterocycles. The Morgan fingerprint density at radius 2 is 2.11 bits per heavy atom. The van der Waals surface area contributed by atoms with E-state index in [-0.39, 0.29) is 0 Å². The highest BCUT2D eigenvalue weighted by atomic mass is 79.9. The quantitative estimate of drug-likeness (QED) is 0.719. The van der Waals surface area contributed by atoms with Crippen molar-refractivity contribution in [3.8, 4) is 11.3 Å². The number of nitrogens with zero attached hydrogens (tertiary/aromatic N) is 2. The third-order valence-electron chi connectivity index (χ3n) is 3.92. The Kier molecular flexibility index (Phi) is 2.52. The Bertz CT molecular complexity index is 754. The molecule has 1 N–H and O–H groups in total. The fraction of sp³-hybridized carbons (Fsp3) is 0.267. The summed E-state index contributed by atoms with van der Waals surface area (Å²) in [5.41, 5.74) is 4.88. The predicted octanol–water partition coefficient (Wildman–Crippen LogP) is 4.13. The number of benzene rings is 1. The van der Waals surface area contributed by atoms with Crippen LogP contribution in [-0.2, 0) is 13.0 Å². The number of hydrogen-bond donors (Lipinski definition) is 1. The number of H-pyrrole nitrogens is 1. The smallest absolute Gasteiger partial charge is 0.177 e. The number of rotatable bonds is 1. The van der Waals surface area contributed by atoms with Crippen LogP contribution < -0.4 is 0 Å². The molecule has 19 heavy (non-hydrogen) atoms. The molecule has 3 nitrogen and oxygen atoms in total. The molecule has 1 aliphatic rings. The standard InChI is InChI=1S/C15H14BrN3/c16-15-18-14(13-7-3-4-8-19(13)15)11-9-17-12-6-2-1-5-10(11)12/h1-2,5-6,9,17H,3-4,7-8H2. The summed E-state index contributed by atoms with van der Waals surface area (Å²) in [6.07, 6.45) is 5.70. The fourth-order valence-electron chi connectivity index (χ4n) is 2.98. The molecular formula is C15H14BrN3. The summed E-state index contributed by atoms with van der Waals surface area (Å²) in [4.78, 5) is 8.08. The first-order chi connectivity index (χ1) is 9.34. The van der Waals surface area contributed by atoms with Gasteiger partial charge in [0, 0.05) is 34.9 Å². The number of aromatic nitrogens is 3. The summed E-state index contributed by atoms with van der Waals surface area (Å²) in [5, 5.41) is 1.25. The highest BCUT2D eigenvalue weighted by Crippen LogP contribution is 2.34. The van der Waals surface area contributed by atoms with E-state index in [1.54, 1.807) is 0 Å². The molecule has 3 heterocycles. The van der Waals surface area contributed by atoms with E-state index in [0.29, 0.717) is 0 Å². The van der Waals surface area contributed by atoms with Gasteiger partial charge in [0.1, 0.15) is 0 Å². The molecule has 0 unspecified atom stereocenters. The summed E-state index contributed by atoms with van der Waals surface area (Å²) in [7, 11) is 0. The highest BCUT2D eigenvalue weighted by Gasteiger charge is 2.21. The SMILES string of the molecule is Brc1nc(-c2c[nH]c3ccccc23)c2n1CCCC2. The Hall–Kier alpha value is -1.55. The second-order valence-electron chi connectivity index (χ2n) is 5.03. The van der Waals surface area contributed by atoms with Gasteiger partial charge in [-0.05, 0) is 41.3 Å². The molecule has 0 spiro atoms. The summed E-state index contributed by atoms with van der Waals surface area (Å²) < 4.78 is 3.27. The van der Waals surface area contributed by atoms with Crippen LogP contribution >= 0.6 is 15.9 Å². The molecule has 0 aliphatic carbocycles. The molecule has 0 atom stereocenters. The number of aromatic amines is 1. The monoisotopic (exact) mass is 315 g/mol. The zero-order chi connectivity index (χ0) is 12.8. The zero-order valence-corrected chi connectivity index (χ0v) is 12.1. The third-order valence-corrected chi connectivity index (χ3v) is 4.52. The summed E-state index contributed by atoms with van der Waals surface area (Å²) in [6.45, 7) is 1.07. The first-order valence-electron chi connectivity index (χ1n) is 6.66. The van der Waals surface area contributed by atoms with Gasteiger partial charge in [-0.25, -0.2) is 4.98 Å². The minimum absolute atomic E-state index is 0.961. The van der Waals surface area contributed by atoms with Crippen molar-refractivity contribution in [2.75, 3.05) is 0 Å². The van der Waals surface area contributed by atoms with E-state index < -0.39 is 0 Å². The van der Waals surface area contributed by atoms with Crippen LogP contribution in [0.25, 0.3) is 22.2 Å². The van der Waals surface area contributed by atoms with Gasteiger partial charge < -0.3 is 9.55 Å². The van der Waals surface area contributed by atoms with Crippen molar-refractivity contribution < 1.29 is 0 Å². The van der Waals surface area contributed by atoms with E-state index in [2.05, 4.69) is 55.9 Å². The molecular weight excluding hydrogens is 302 g/mol. The lowest BCUT2D eigenvalue weighted by molar-refractivity contribution is 0.525. The van der Waals surface area contributed by atoms with E-state index in [1.807, 2.05) is 0 Å². The molecule has 0 saturated heterocycles. The Labute approximate surface area is 119 Å². The molecule has 3 aromatic rings. The Morgan fingerprint density at radius 3 is 3.05 bits per heavy atom. The van der Waals surface area contributed by atoms with Crippen molar-refractivity contribution in [1.82, 2.24) is 14.5 Å². The Morgan fingerprint density at radius 1 is 1.21 bits per heavy atom. The molecule has 0 radical (unpaired) electrons. The second kappa shape index (κ2) is 4.23. The van der Waals surface area contributed by atoms with Crippen molar-refractivity contribution in [1.29, 1.82) is 0 Å². The third kappa shape index (κ3) is 1.66. The molecule has 0 amide bonds. The van der Waals surface area contributed by atoms with E-state index in [0.717, 1.165) is 23.4 Å². The molecule has 1 aromatic carbocycles. The van der Waals surface area contributed by atoms with E-state index in [1.165, 1.54) is 35.0 Å². The van der Waals surface area contributed by atoms with Crippen LogP contribution in [0.2, 0.25) is 0 Å². The van der Waals surface area contributed by atoms with Crippen LogP contribution in [0.1, 0.15) is 18.5 Å². The predicted molar refractivity (Wildman–Crippen MR) is 80.2 cm³/mol. The molecule has 0 bridgehead atoms. The van der Waals surface area contributed by atoms with Crippen LogP contribution in [0.4, 0.5) is 0 Å². The number of halogens is 1. The van der Waals surface area contributed by atoms with Crippen molar-refractivity contribution >= 4 is 26.8 Å². The lowest BCUT2D eigenvalue weighted by Gasteiger charge is -2.15. The first-order valence-corrected chi connectivity index (χ1v) is 7.45. The van der Waals surface area contributed by atoms with Gasteiger partial charge in [0.15, 0.2) is 4.73 Å². The van der Waals surface area contributed by atoms with Crippen molar-refractivity contribution in [2.24, 2.45) is 0 Å². The number of para-hydroxylation sites is 1. The van der Waals surface area contributed by atoms with Gasteiger partial charge in [-0.1, -0.05) is 18.2 Å². The number of imidazole rings is 1. The van der Waals surface area contributed by atoms with Crippen LogP contribution in [0.15, 0.2) is 35.2 Å². The van der Waals surface area contributed by atoms with Crippen molar-refractivity contribution in [2.45, 2.75) is 25.8 Å². The second-order valence-corrected chi connectivity index (χ2v) is 5.74. The summed E-state index contributed by atoms with van der Waals surface area (Å²) in [5.74, 6) is 0. The Balaban J connectivity index is 1.97. The molecule has 4 rings (SSSR count). The van der Waals surface area contributed by atoms with Gasteiger partial charge in [0.25, 0.3) is 0 Å². The lowest BCUT2D eigenvalue weighted by atomic mass is 10.0. The van der Waals surface area contributed by atoms with Gasteiger partial charge in [0.05, 0.1) is 5.69 Å². The maximum atomic E-state index is 4.74. The average Bonchev–Trinajstić information content (AvgIpc) is 3.01. The lowest BCUT2D eigenvalue weighted by Crippen LogP contribution is -2.10. The van der Waals surface area contributed by atoms with Gasteiger partial charge in [-0.2, -0.15) is 0 Å². The van der Waals surface area contributed by atoms with Gasteiger partial charge in [-0.15, -0.1) is 0 Å². The molecule has 1 aliphatic heterocycles. The maximum absolute atomic E-state index is 4.74. The topological polar surface area (TPSA) is 33.6 Å². The largest absolute Gasteiger partial charge is 0.360 e. The van der Waals surface area contributed by atoms with Crippen LogP contribution in [0.3, 0.4) is 0 Å². The molecule has 4 heteroatoms. The van der Waals surface area contributed by atoms with E-state index in [4.69, 9.17) is 4.98 Å². The number of nitrogens with one attached hydrogen (secondary N) is 1. The van der Waals surface area contributed by atoms with Crippen molar-refractivity contribution in [3.63, 3.8) is 0 Å². The van der Waals surface area contributed by atoms with Crippen LogP contribution in [0.5, 0.6) is 0 Å². The zero-order valence-electron chi connectivity index (χ0n) is 10.5. The molecule has 0 fully saturated rings. The van der Waals surface area contributed by atoms with Crippen LogP contribution in [0, 0.1) is 0 Å². The first kappa shape index (κ1) is 11.3. The minimum Gasteiger partial charge on any atom is -0.360 e. The average molecular weight is 316 g/mol. The summed E-state index contributed by atoms with van der Waals surface area (Å²) in [6, 6.07) is 8.40. The normalized spacial score (nSPS) is 14.8. The van der Waals surface area contributed by atoms with Crippen LogP contribution in [-0.4, -0.2) is 14.5 Å². The molecule has 0 saturated carbocycles. The van der Waals surface area contributed by atoms with Crippen molar-refractivity contribution in [3.05, 3.63) is 40.9 Å².